The first-order chi connectivity index (χ1) is 32.4. The van der Waals surface area contributed by atoms with Crippen LogP contribution in [0, 0.1) is 0 Å². The smallest absolute Gasteiger partial charge is 0.407 e. The van der Waals surface area contributed by atoms with Crippen molar-refractivity contribution in [3.05, 3.63) is 71.6 Å². The number of carboxylic acid groups (broad SMARTS) is 1. The Kier molecular flexibility index (Phi) is 21.0. The lowest BCUT2D eigenvalue weighted by molar-refractivity contribution is 0.0697. The molecule has 360 valence electrons. The molecular formula is C55H79N4O7+. The lowest BCUT2D eigenvalue weighted by Crippen LogP contribution is -2.43. The fraction of sp³-hybridized carbons (Fsp3) is 0.600. The van der Waals surface area contributed by atoms with E-state index in [1.165, 1.54) is 89.9 Å². The van der Waals surface area contributed by atoms with Gasteiger partial charge in [-0.05, 0) is 61.9 Å². The highest BCUT2D eigenvalue weighted by Gasteiger charge is 2.29. The van der Waals surface area contributed by atoms with E-state index in [4.69, 9.17) is 13.9 Å². The van der Waals surface area contributed by atoms with Crippen LogP contribution in [0.25, 0.3) is 33.4 Å². The Balaban J connectivity index is 1.05. The Labute approximate surface area is 394 Å². The number of carboxylic acids is 1. The fourth-order valence-electron chi connectivity index (χ4n) is 10.2. The van der Waals surface area contributed by atoms with Crippen molar-refractivity contribution < 1.29 is 33.4 Å². The molecule has 0 bridgehead atoms. The summed E-state index contributed by atoms with van der Waals surface area (Å²) in [5, 5.41) is 17.7. The molecule has 0 radical (unpaired) electrons. The molecule has 1 aliphatic carbocycles. The van der Waals surface area contributed by atoms with E-state index in [-0.39, 0.29) is 23.7 Å². The van der Waals surface area contributed by atoms with Crippen molar-refractivity contribution in [1.82, 2.24) is 15.2 Å². The number of aromatic carboxylic acids is 1. The van der Waals surface area contributed by atoms with Crippen molar-refractivity contribution in [2.24, 2.45) is 0 Å². The number of fused-ring (bicyclic) bond motifs is 2. The minimum absolute atomic E-state index is 0.201. The lowest BCUT2D eigenvalue weighted by atomic mass is 9.90. The van der Waals surface area contributed by atoms with Gasteiger partial charge in [-0.15, -0.1) is 0 Å². The average molecular weight is 908 g/mol. The third kappa shape index (κ3) is 15.0. The number of nitrogens with zero attached hydrogens (tertiary/aromatic N) is 2. The Morgan fingerprint density at radius 2 is 1.39 bits per heavy atom. The number of unbranched alkanes of at least 4 members (excludes halogenated alkanes) is 15. The molecule has 11 heteroatoms. The van der Waals surface area contributed by atoms with Crippen molar-refractivity contribution in [2.75, 3.05) is 44.8 Å². The summed E-state index contributed by atoms with van der Waals surface area (Å²) < 4.78 is 20.3. The van der Waals surface area contributed by atoms with Crippen molar-refractivity contribution in [1.29, 1.82) is 0 Å². The first-order valence-corrected chi connectivity index (χ1v) is 25.8. The molecule has 2 fully saturated rings. The molecule has 2 atom stereocenters. The fourth-order valence-corrected chi connectivity index (χ4v) is 10.2. The molecule has 2 aromatic carbocycles. The number of ether oxygens (including phenoxy) is 2. The number of piperidine rings is 2. The third-order valence-electron chi connectivity index (χ3n) is 13.9. The molecule has 3 aliphatic heterocycles. The highest BCUT2D eigenvalue weighted by Crippen LogP contribution is 2.42. The van der Waals surface area contributed by atoms with Crippen LogP contribution >= 0.6 is 0 Å². The number of nitrogens with one attached hydrogen (secondary N) is 2. The number of amides is 2. The largest absolute Gasteiger partial charge is 0.478 e. The Morgan fingerprint density at radius 3 is 2.11 bits per heavy atom. The molecule has 6 rings (SSSR count). The van der Waals surface area contributed by atoms with E-state index in [0.29, 0.717) is 43.1 Å². The van der Waals surface area contributed by atoms with Crippen LogP contribution in [-0.4, -0.2) is 75.2 Å². The van der Waals surface area contributed by atoms with Crippen LogP contribution in [0.15, 0.2) is 65.1 Å². The van der Waals surface area contributed by atoms with Gasteiger partial charge in [0.2, 0.25) is 5.36 Å². The molecule has 0 saturated carbocycles. The van der Waals surface area contributed by atoms with Gasteiger partial charge in [0.1, 0.15) is 17.9 Å². The number of carbonyl (C=O) groups is 3. The van der Waals surface area contributed by atoms with Crippen molar-refractivity contribution in [3.8, 4) is 22.5 Å². The number of hydrogen-bond donors (Lipinski definition) is 3. The van der Waals surface area contributed by atoms with E-state index in [0.717, 1.165) is 98.4 Å². The van der Waals surface area contributed by atoms with Crippen LogP contribution in [0.5, 0.6) is 0 Å². The zero-order chi connectivity index (χ0) is 46.4. The van der Waals surface area contributed by atoms with Gasteiger partial charge in [-0.1, -0.05) is 121 Å². The number of hydrogen-bond acceptors (Lipinski definition) is 7. The van der Waals surface area contributed by atoms with Crippen molar-refractivity contribution in [2.45, 2.75) is 173 Å². The number of alkyl carbamates (subject to hydrolysis) is 2. The summed E-state index contributed by atoms with van der Waals surface area (Å²) in [5.41, 5.74) is 4.24. The minimum atomic E-state index is -0.983. The van der Waals surface area contributed by atoms with Crippen molar-refractivity contribution >= 4 is 34.8 Å². The standard InChI is InChI=1S/C55H78N4O7/c1-3-4-5-6-7-8-9-10-11-12-13-14-15-16-17-22-35-57-55(63)65-39-34-43-26-21-24-37-59(43)45-30-32-49-51(41-45)66-50-40-44(58-36-23-20-25-42(58)33-38-64-54(62)56-2)29-31-48(50)52(49)46-27-18-19-28-47(46)53(60)61/h18-19,27-32,40-43H,3-17,20-26,33-39H2,1-2H3,(H2-,56,57,60,61,62,63)/p+1. The van der Waals surface area contributed by atoms with E-state index < -0.39 is 12.1 Å². The summed E-state index contributed by atoms with van der Waals surface area (Å²) in [4.78, 5) is 39.5. The van der Waals surface area contributed by atoms with Gasteiger partial charge < -0.3 is 34.5 Å². The summed E-state index contributed by atoms with van der Waals surface area (Å²) >= 11 is 0. The number of rotatable bonds is 26. The van der Waals surface area contributed by atoms with E-state index in [9.17, 15) is 19.5 Å². The van der Waals surface area contributed by atoms with E-state index in [1.54, 1.807) is 19.2 Å². The van der Waals surface area contributed by atoms with Gasteiger partial charge in [0.05, 0.1) is 24.8 Å². The number of benzene rings is 3. The van der Waals surface area contributed by atoms with Gasteiger partial charge in [-0.3, -0.25) is 0 Å². The maximum absolute atomic E-state index is 12.7. The number of carbonyl (C=O) groups excluding carboxylic acids is 2. The molecule has 3 heterocycles. The normalized spacial score (nSPS) is 17.2. The third-order valence-corrected chi connectivity index (χ3v) is 13.9. The van der Waals surface area contributed by atoms with Crippen molar-refractivity contribution in [3.63, 3.8) is 0 Å². The van der Waals surface area contributed by atoms with Gasteiger partial charge in [0.25, 0.3) is 0 Å². The van der Waals surface area contributed by atoms with Crippen LogP contribution in [-0.2, 0) is 9.47 Å². The highest BCUT2D eigenvalue weighted by molar-refractivity contribution is 6.07. The van der Waals surface area contributed by atoms with Crippen LogP contribution in [0.2, 0.25) is 0 Å². The molecular weight excluding hydrogens is 829 g/mol. The summed E-state index contributed by atoms with van der Waals surface area (Å²) in [7, 11) is 1.56. The molecule has 66 heavy (non-hydrogen) atoms. The van der Waals surface area contributed by atoms with E-state index in [2.05, 4.69) is 63.4 Å². The predicted octanol–water partition coefficient (Wildman–Crippen LogP) is 12.7. The SMILES string of the molecule is CCCCCCCCCCCCCCCCCCNC(=O)OCCC1CCCCN1c1ccc2c(-c3ccccc3C(=O)O)c3cc/c(=[N+]4/CCCCC4CCOC(=O)NC)cc-3oc2c1. The first kappa shape index (κ1) is 50.4. The molecule has 2 saturated heterocycles. The van der Waals surface area contributed by atoms with Crippen LogP contribution in [0.4, 0.5) is 15.3 Å². The van der Waals surface area contributed by atoms with Gasteiger partial charge in [-0.25, -0.2) is 19.0 Å². The van der Waals surface area contributed by atoms with E-state index >= 15 is 0 Å². The molecule has 3 N–H and O–H groups in total. The molecule has 2 aromatic rings. The average Bonchev–Trinajstić information content (AvgIpc) is 3.34. The quantitative estimate of drug-likeness (QED) is 0.0322. The topological polar surface area (TPSA) is 133 Å². The van der Waals surface area contributed by atoms with Gasteiger partial charge in [-0.2, -0.15) is 0 Å². The molecule has 2 amide bonds. The molecule has 0 spiro atoms. The van der Waals surface area contributed by atoms with Gasteiger partial charge in [0, 0.05) is 86.2 Å². The molecule has 11 nitrogen and oxygen atoms in total. The summed E-state index contributed by atoms with van der Waals surface area (Å²) in [6.07, 6.45) is 28.2. The minimum Gasteiger partial charge on any atom is -0.478 e. The molecule has 4 aliphatic rings. The Bertz CT molecular complexity index is 2170. The maximum atomic E-state index is 12.7. The Morgan fingerprint density at radius 1 is 0.727 bits per heavy atom. The number of anilines is 1. The summed E-state index contributed by atoms with van der Waals surface area (Å²) in [6.45, 7) is 5.37. The first-order valence-electron chi connectivity index (χ1n) is 25.8. The highest BCUT2D eigenvalue weighted by atomic mass is 16.6. The van der Waals surface area contributed by atoms with Crippen LogP contribution in [0.3, 0.4) is 0 Å². The zero-order valence-corrected chi connectivity index (χ0v) is 40.2. The summed E-state index contributed by atoms with van der Waals surface area (Å²) in [6, 6.07) is 20.1. The molecule has 0 aromatic heterocycles. The van der Waals surface area contributed by atoms with Gasteiger partial charge in [0.15, 0.2) is 6.04 Å². The predicted molar refractivity (Wildman–Crippen MR) is 267 cm³/mol. The lowest BCUT2D eigenvalue weighted by Gasteiger charge is -2.37. The zero-order valence-electron chi connectivity index (χ0n) is 40.2. The van der Waals surface area contributed by atoms with Crippen LogP contribution < -0.4 is 25.5 Å². The van der Waals surface area contributed by atoms with Gasteiger partial charge >= 0.3 is 18.2 Å². The second kappa shape index (κ2) is 27.5. The molecule has 2 unspecified atom stereocenters. The monoisotopic (exact) mass is 908 g/mol. The second-order valence-corrected chi connectivity index (χ2v) is 18.7. The van der Waals surface area contributed by atoms with Crippen LogP contribution in [0.1, 0.15) is 171 Å². The maximum Gasteiger partial charge on any atom is 0.407 e. The Hall–Kier alpha value is -5.06. The summed E-state index contributed by atoms with van der Waals surface area (Å²) in [5.74, 6) is -0.309. The van der Waals surface area contributed by atoms with E-state index in [1.807, 2.05) is 12.1 Å². The second-order valence-electron chi connectivity index (χ2n) is 18.7.